The van der Waals surface area contributed by atoms with Crippen molar-refractivity contribution in [3.05, 3.63) is 41.7 Å². The lowest BCUT2D eigenvalue weighted by Gasteiger charge is -2.18. The van der Waals surface area contributed by atoms with Gasteiger partial charge in [-0.2, -0.15) is 0 Å². The molecule has 2 aromatic rings. The van der Waals surface area contributed by atoms with Crippen LogP contribution in [0.25, 0.3) is 0 Å². The molecule has 3 rings (SSSR count). The van der Waals surface area contributed by atoms with Crippen LogP contribution in [-0.4, -0.2) is 29.7 Å². The Morgan fingerprint density at radius 2 is 1.85 bits per heavy atom. The van der Waals surface area contributed by atoms with Crippen molar-refractivity contribution in [2.45, 2.75) is 13.3 Å². The van der Waals surface area contributed by atoms with Crippen LogP contribution < -0.4 is 14.8 Å². The zero-order valence-electron chi connectivity index (χ0n) is 11.4. The van der Waals surface area contributed by atoms with Crippen molar-refractivity contribution in [3.63, 3.8) is 0 Å². The standard InChI is InChI=1S/C15H17N3O2/c1-11-9-17-15(18-10-11)16-5-4-12-2-3-13-14(8-12)20-7-6-19-13/h2-3,8-10H,4-7H2,1H3,(H,16,17,18). The molecule has 1 aliphatic rings. The highest BCUT2D eigenvalue weighted by Crippen LogP contribution is 2.30. The van der Waals surface area contributed by atoms with E-state index < -0.39 is 0 Å². The number of hydrogen-bond donors (Lipinski definition) is 1. The van der Waals surface area contributed by atoms with Gasteiger partial charge in [-0.3, -0.25) is 0 Å². The number of anilines is 1. The van der Waals surface area contributed by atoms with Gasteiger partial charge in [0.2, 0.25) is 5.95 Å². The van der Waals surface area contributed by atoms with Crippen LogP contribution in [0.15, 0.2) is 30.6 Å². The fraction of sp³-hybridized carbons (Fsp3) is 0.333. The Kier molecular flexibility index (Phi) is 3.67. The second kappa shape index (κ2) is 5.77. The fourth-order valence-electron chi connectivity index (χ4n) is 2.05. The molecule has 0 saturated heterocycles. The topological polar surface area (TPSA) is 56.3 Å². The van der Waals surface area contributed by atoms with E-state index in [9.17, 15) is 0 Å². The lowest BCUT2D eigenvalue weighted by molar-refractivity contribution is 0.171. The van der Waals surface area contributed by atoms with E-state index in [4.69, 9.17) is 9.47 Å². The van der Waals surface area contributed by atoms with Gasteiger partial charge in [-0.25, -0.2) is 9.97 Å². The SMILES string of the molecule is Cc1cnc(NCCc2ccc3c(c2)OCCO3)nc1. The van der Waals surface area contributed by atoms with Gasteiger partial charge in [-0.05, 0) is 36.6 Å². The smallest absolute Gasteiger partial charge is 0.222 e. The Morgan fingerprint density at radius 3 is 2.65 bits per heavy atom. The largest absolute Gasteiger partial charge is 0.486 e. The highest BCUT2D eigenvalue weighted by molar-refractivity contribution is 5.44. The number of nitrogens with one attached hydrogen (secondary N) is 1. The first-order chi connectivity index (χ1) is 9.81. The fourth-order valence-corrected chi connectivity index (χ4v) is 2.05. The van der Waals surface area contributed by atoms with Crippen molar-refractivity contribution in [3.8, 4) is 11.5 Å². The van der Waals surface area contributed by atoms with Gasteiger partial charge in [0, 0.05) is 18.9 Å². The molecule has 0 unspecified atom stereocenters. The first-order valence-corrected chi connectivity index (χ1v) is 6.72. The van der Waals surface area contributed by atoms with Gasteiger partial charge >= 0.3 is 0 Å². The summed E-state index contributed by atoms with van der Waals surface area (Å²) in [4.78, 5) is 8.43. The van der Waals surface area contributed by atoms with Crippen LogP contribution >= 0.6 is 0 Å². The molecule has 1 aromatic heterocycles. The Hall–Kier alpha value is -2.30. The van der Waals surface area contributed by atoms with Crippen molar-refractivity contribution >= 4 is 5.95 Å². The molecule has 0 aliphatic carbocycles. The lowest BCUT2D eigenvalue weighted by Crippen LogP contribution is -2.15. The molecule has 5 heteroatoms. The number of hydrogen-bond acceptors (Lipinski definition) is 5. The summed E-state index contributed by atoms with van der Waals surface area (Å²) in [5.41, 5.74) is 2.26. The van der Waals surface area contributed by atoms with Gasteiger partial charge in [0.25, 0.3) is 0 Å². The van der Waals surface area contributed by atoms with Crippen molar-refractivity contribution in [2.24, 2.45) is 0 Å². The molecule has 1 aliphatic heterocycles. The van der Waals surface area contributed by atoms with Crippen LogP contribution in [0.2, 0.25) is 0 Å². The summed E-state index contributed by atoms with van der Waals surface area (Å²) >= 11 is 0. The molecule has 0 saturated carbocycles. The summed E-state index contributed by atoms with van der Waals surface area (Å²) in [5, 5.41) is 3.21. The summed E-state index contributed by atoms with van der Waals surface area (Å²) in [6.07, 6.45) is 4.49. The highest BCUT2D eigenvalue weighted by atomic mass is 16.6. The maximum atomic E-state index is 5.57. The van der Waals surface area contributed by atoms with Gasteiger partial charge in [-0.15, -0.1) is 0 Å². The van der Waals surface area contributed by atoms with Crippen molar-refractivity contribution in [1.29, 1.82) is 0 Å². The molecule has 0 radical (unpaired) electrons. The molecular weight excluding hydrogens is 254 g/mol. The zero-order chi connectivity index (χ0) is 13.8. The van der Waals surface area contributed by atoms with E-state index in [0.29, 0.717) is 19.2 Å². The molecule has 0 atom stereocenters. The molecule has 1 aromatic carbocycles. The van der Waals surface area contributed by atoms with Crippen molar-refractivity contribution in [1.82, 2.24) is 9.97 Å². The van der Waals surface area contributed by atoms with E-state index >= 15 is 0 Å². The van der Waals surface area contributed by atoms with Crippen molar-refractivity contribution < 1.29 is 9.47 Å². The number of ether oxygens (including phenoxy) is 2. The van der Waals surface area contributed by atoms with Crippen LogP contribution in [0.3, 0.4) is 0 Å². The normalized spacial score (nSPS) is 13.1. The van der Waals surface area contributed by atoms with E-state index in [2.05, 4.69) is 21.4 Å². The maximum Gasteiger partial charge on any atom is 0.222 e. The number of rotatable bonds is 4. The first-order valence-electron chi connectivity index (χ1n) is 6.72. The van der Waals surface area contributed by atoms with Gasteiger partial charge in [0.05, 0.1) is 0 Å². The number of benzene rings is 1. The van der Waals surface area contributed by atoms with E-state index in [1.165, 1.54) is 5.56 Å². The molecule has 2 heterocycles. The molecule has 0 amide bonds. The summed E-state index contributed by atoms with van der Waals surface area (Å²) < 4.78 is 11.1. The molecule has 0 spiro atoms. The van der Waals surface area contributed by atoms with Crippen LogP contribution in [0.5, 0.6) is 11.5 Å². The van der Waals surface area contributed by atoms with E-state index in [-0.39, 0.29) is 0 Å². The summed E-state index contributed by atoms with van der Waals surface area (Å²) in [5.74, 6) is 2.32. The molecule has 0 fully saturated rings. The molecule has 5 nitrogen and oxygen atoms in total. The molecule has 104 valence electrons. The van der Waals surface area contributed by atoms with Gasteiger partial charge in [0.15, 0.2) is 11.5 Å². The van der Waals surface area contributed by atoms with E-state index in [1.54, 1.807) is 12.4 Å². The second-order valence-electron chi connectivity index (χ2n) is 4.74. The first kappa shape index (κ1) is 12.7. The molecule has 20 heavy (non-hydrogen) atoms. The summed E-state index contributed by atoms with van der Waals surface area (Å²) in [7, 11) is 0. The van der Waals surface area contributed by atoms with E-state index in [0.717, 1.165) is 30.0 Å². The quantitative estimate of drug-likeness (QED) is 0.924. The molecular formula is C15H17N3O2. The summed E-state index contributed by atoms with van der Waals surface area (Å²) in [6, 6.07) is 6.06. The Labute approximate surface area is 118 Å². The average molecular weight is 271 g/mol. The minimum Gasteiger partial charge on any atom is -0.486 e. The Bertz CT molecular complexity index is 584. The molecule has 0 bridgehead atoms. The minimum absolute atomic E-state index is 0.617. The van der Waals surface area contributed by atoms with Crippen LogP contribution in [0.1, 0.15) is 11.1 Å². The summed E-state index contributed by atoms with van der Waals surface area (Å²) in [6.45, 7) is 3.99. The predicted molar refractivity (Wildman–Crippen MR) is 76.4 cm³/mol. The molecule has 1 N–H and O–H groups in total. The van der Waals surface area contributed by atoms with Crippen molar-refractivity contribution in [2.75, 3.05) is 25.1 Å². The third-order valence-corrected chi connectivity index (χ3v) is 3.08. The van der Waals surface area contributed by atoms with Gasteiger partial charge in [-0.1, -0.05) is 6.07 Å². The number of aromatic nitrogens is 2. The zero-order valence-corrected chi connectivity index (χ0v) is 11.4. The number of fused-ring (bicyclic) bond motifs is 1. The van der Waals surface area contributed by atoms with E-state index in [1.807, 2.05) is 19.1 Å². The Balaban J connectivity index is 1.57. The van der Waals surface area contributed by atoms with Gasteiger partial charge < -0.3 is 14.8 Å². The van der Waals surface area contributed by atoms with Crippen LogP contribution in [-0.2, 0) is 6.42 Å². The second-order valence-corrected chi connectivity index (χ2v) is 4.74. The monoisotopic (exact) mass is 271 g/mol. The van der Waals surface area contributed by atoms with Crippen LogP contribution in [0.4, 0.5) is 5.95 Å². The average Bonchev–Trinajstić information content (AvgIpc) is 2.49. The Morgan fingerprint density at radius 1 is 1.10 bits per heavy atom. The maximum absolute atomic E-state index is 5.57. The van der Waals surface area contributed by atoms with Gasteiger partial charge in [0.1, 0.15) is 13.2 Å². The number of nitrogens with zero attached hydrogens (tertiary/aromatic N) is 2. The van der Waals surface area contributed by atoms with Crippen LogP contribution in [0, 0.1) is 6.92 Å². The third kappa shape index (κ3) is 2.99. The lowest BCUT2D eigenvalue weighted by atomic mass is 10.1. The minimum atomic E-state index is 0.617. The highest BCUT2D eigenvalue weighted by Gasteiger charge is 2.11. The number of aryl methyl sites for hydroxylation is 1. The predicted octanol–water partition coefficient (Wildman–Crippen LogP) is 2.21. The third-order valence-electron chi connectivity index (χ3n) is 3.08.